The van der Waals surface area contributed by atoms with E-state index in [2.05, 4.69) is 0 Å². The first-order valence-electron chi connectivity index (χ1n) is 7.58. The summed E-state index contributed by atoms with van der Waals surface area (Å²) in [6.45, 7) is 0. The van der Waals surface area contributed by atoms with Crippen LogP contribution in [0.2, 0.25) is 0 Å². The summed E-state index contributed by atoms with van der Waals surface area (Å²) in [5.41, 5.74) is -1.29. The quantitative estimate of drug-likeness (QED) is 0.542. The van der Waals surface area contributed by atoms with E-state index in [4.69, 9.17) is 5.11 Å². The summed E-state index contributed by atoms with van der Waals surface area (Å²) in [4.78, 5) is 41.4. The summed E-state index contributed by atoms with van der Waals surface area (Å²) in [5.74, 6) is -0.984. The van der Waals surface area contributed by atoms with Crippen LogP contribution in [-0.2, 0) is 17.6 Å². The monoisotopic (exact) mass is 375 g/mol. The van der Waals surface area contributed by atoms with Crippen molar-refractivity contribution in [3.63, 3.8) is 0 Å². The molecule has 0 aliphatic carbocycles. The van der Waals surface area contributed by atoms with Crippen LogP contribution in [0.1, 0.15) is 23.1 Å². The zero-order valence-electron chi connectivity index (χ0n) is 13.7. The number of nitrogens with zero attached hydrogens (tertiary/aromatic N) is 3. The standard InChI is InChI=1S/C16H13N3O8/c20-16(21)5-4-10-2-1-3-11(6-10)7-13-14(18(24)25)8-12(17(22)23)9-15(13)19(26)27/h1-3,6,8-9H,4-5,7H2,(H,20,21). The molecule has 11 heteroatoms. The third kappa shape index (κ3) is 4.81. The topological polar surface area (TPSA) is 167 Å². The van der Waals surface area contributed by atoms with Gasteiger partial charge >= 0.3 is 5.97 Å². The fourth-order valence-electron chi connectivity index (χ4n) is 2.59. The van der Waals surface area contributed by atoms with Gasteiger partial charge in [0.2, 0.25) is 0 Å². The van der Waals surface area contributed by atoms with Gasteiger partial charge in [-0.15, -0.1) is 0 Å². The summed E-state index contributed by atoms with van der Waals surface area (Å²) in [6, 6.07) is 7.84. The molecule has 0 fully saturated rings. The Morgan fingerprint density at radius 1 is 0.889 bits per heavy atom. The number of hydrogen-bond donors (Lipinski definition) is 1. The van der Waals surface area contributed by atoms with Gasteiger partial charge in [0.05, 0.1) is 26.9 Å². The average Bonchev–Trinajstić information content (AvgIpc) is 2.59. The Morgan fingerprint density at radius 2 is 1.44 bits per heavy atom. The first-order chi connectivity index (χ1) is 12.7. The molecule has 11 nitrogen and oxygen atoms in total. The second-order valence-corrected chi connectivity index (χ2v) is 5.62. The fourth-order valence-corrected chi connectivity index (χ4v) is 2.59. The molecule has 0 amide bonds. The van der Waals surface area contributed by atoms with Crippen LogP contribution in [0.15, 0.2) is 36.4 Å². The normalized spacial score (nSPS) is 10.4. The number of benzene rings is 2. The zero-order valence-corrected chi connectivity index (χ0v) is 13.7. The fraction of sp³-hybridized carbons (Fsp3) is 0.188. The highest BCUT2D eigenvalue weighted by Crippen LogP contribution is 2.35. The van der Waals surface area contributed by atoms with E-state index in [0.29, 0.717) is 23.3 Å². The number of aryl methyl sites for hydroxylation is 1. The summed E-state index contributed by atoms with van der Waals surface area (Å²) >= 11 is 0. The molecule has 2 rings (SSSR count). The Kier molecular flexibility index (Phi) is 5.75. The van der Waals surface area contributed by atoms with Crippen molar-refractivity contribution in [3.05, 3.63) is 83.4 Å². The first-order valence-corrected chi connectivity index (χ1v) is 7.58. The van der Waals surface area contributed by atoms with E-state index in [1.165, 1.54) is 0 Å². The lowest BCUT2D eigenvalue weighted by Crippen LogP contribution is -2.04. The molecule has 0 spiro atoms. The van der Waals surface area contributed by atoms with Crippen molar-refractivity contribution in [2.45, 2.75) is 19.3 Å². The Bertz CT molecular complexity index is 906. The van der Waals surface area contributed by atoms with Crippen molar-refractivity contribution in [3.8, 4) is 0 Å². The molecule has 140 valence electrons. The molecule has 0 atom stereocenters. The van der Waals surface area contributed by atoms with Gasteiger partial charge in [0.15, 0.2) is 0 Å². The minimum absolute atomic E-state index is 0.110. The highest BCUT2D eigenvalue weighted by molar-refractivity contribution is 5.67. The van der Waals surface area contributed by atoms with Gasteiger partial charge in [-0.25, -0.2) is 0 Å². The van der Waals surface area contributed by atoms with Gasteiger partial charge in [-0.2, -0.15) is 0 Å². The van der Waals surface area contributed by atoms with Gasteiger partial charge < -0.3 is 5.11 Å². The lowest BCUT2D eigenvalue weighted by atomic mass is 9.98. The van der Waals surface area contributed by atoms with Crippen LogP contribution < -0.4 is 0 Å². The number of nitro groups is 3. The third-order valence-corrected chi connectivity index (χ3v) is 3.79. The highest BCUT2D eigenvalue weighted by Gasteiger charge is 2.30. The van der Waals surface area contributed by atoms with Gasteiger partial charge in [0.1, 0.15) is 5.56 Å². The molecule has 0 bridgehead atoms. The first kappa shape index (κ1) is 19.4. The largest absolute Gasteiger partial charge is 0.481 e. The molecule has 0 aliphatic heterocycles. The Morgan fingerprint density at radius 3 is 1.93 bits per heavy atom. The van der Waals surface area contributed by atoms with Crippen LogP contribution in [0.4, 0.5) is 17.1 Å². The smallest absolute Gasteiger partial charge is 0.303 e. The number of carboxylic acids is 1. The molecule has 2 aromatic rings. The van der Waals surface area contributed by atoms with E-state index in [0.717, 1.165) is 0 Å². The van der Waals surface area contributed by atoms with Crippen LogP contribution in [0, 0.1) is 30.3 Å². The molecular weight excluding hydrogens is 362 g/mol. The maximum Gasteiger partial charge on any atom is 0.303 e. The Hall–Kier alpha value is -3.89. The van der Waals surface area contributed by atoms with Crippen LogP contribution in [-0.4, -0.2) is 25.8 Å². The van der Waals surface area contributed by atoms with E-state index in [9.17, 15) is 35.1 Å². The molecule has 0 saturated carbocycles. The lowest BCUT2D eigenvalue weighted by Gasteiger charge is -2.07. The number of non-ortho nitro benzene ring substituents is 1. The number of carboxylic acid groups (broad SMARTS) is 1. The van der Waals surface area contributed by atoms with Crippen LogP contribution in [0.5, 0.6) is 0 Å². The molecule has 2 aromatic carbocycles. The molecule has 0 saturated heterocycles. The predicted octanol–water partition coefficient (Wildman–Crippen LogP) is 3.02. The van der Waals surface area contributed by atoms with Crippen molar-refractivity contribution in [1.29, 1.82) is 0 Å². The summed E-state index contributed by atoms with van der Waals surface area (Å²) in [7, 11) is 0. The SMILES string of the molecule is O=C(O)CCc1cccc(Cc2c([N+](=O)[O-])cc([N+](=O)[O-])cc2[N+](=O)[O-])c1. The average molecular weight is 375 g/mol. The number of rotatable bonds is 8. The van der Waals surface area contributed by atoms with Crippen molar-refractivity contribution < 1.29 is 24.7 Å². The van der Waals surface area contributed by atoms with Crippen LogP contribution in [0.25, 0.3) is 0 Å². The summed E-state index contributed by atoms with van der Waals surface area (Å²) in [5, 5.41) is 42.2. The van der Waals surface area contributed by atoms with Gasteiger partial charge in [-0.1, -0.05) is 24.3 Å². The predicted molar refractivity (Wildman–Crippen MR) is 91.6 cm³/mol. The molecule has 0 radical (unpaired) electrons. The van der Waals surface area contributed by atoms with Crippen molar-refractivity contribution in [1.82, 2.24) is 0 Å². The van der Waals surface area contributed by atoms with E-state index < -0.39 is 37.8 Å². The van der Waals surface area contributed by atoms with E-state index in [-0.39, 0.29) is 24.8 Å². The van der Waals surface area contributed by atoms with E-state index in [1.807, 2.05) is 0 Å². The van der Waals surface area contributed by atoms with Gasteiger partial charge in [0.25, 0.3) is 17.1 Å². The molecule has 1 N–H and O–H groups in total. The second-order valence-electron chi connectivity index (χ2n) is 5.62. The number of nitro benzene ring substituents is 3. The molecular formula is C16H13N3O8. The number of carbonyl (C=O) groups is 1. The van der Waals surface area contributed by atoms with E-state index >= 15 is 0 Å². The van der Waals surface area contributed by atoms with Gasteiger partial charge in [0, 0.05) is 12.8 Å². The Labute approximate surface area is 151 Å². The zero-order chi connectivity index (χ0) is 20.1. The lowest BCUT2D eigenvalue weighted by molar-refractivity contribution is -0.404. The van der Waals surface area contributed by atoms with Gasteiger partial charge in [-0.3, -0.25) is 35.1 Å². The molecule has 27 heavy (non-hydrogen) atoms. The molecule has 0 aliphatic rings. The third-order valence-electron chi connectivity index (χ3n) is 3.79. The molecule has 0 unspecified atom stereocenters. The number of aliphatic carboxylic acids is 1. The maximum atomic E-state index is 11.3. The molecule has 0 heterocycles. The molecule has 0 aromatic heterocycles. The Balaban J connectivity index is 2.50. The second kappa shape index (κ2) is 7.99. The van der Waals surface area contributed by atoms with Crippen molar-refractivity contribution >= 4 is 23.0 Å². The minimum Gasteiger partial charge on any atom is -0.481 e. The van der Waals surface area contributed by atoms with Crippen molar-refractivity contribution in [2.24, 2.45) is 0 Å². The van der Waals surface area contributed by atoms with Crippen LogP contribution >= 0.6 is 0 Å². The minimum atomic E-state index is -0.984. The summed E-state index contributed by atoms with van der Waals surface area (Å²) < 4.78 is 0. The van der Waals surface area contributed by atoms with E-state index in [1.54, 1.807) is 24.3 Å². The van der Waals surface area contributed by atoms with Gasteiger partial charge in [-0.05, 0) is 17.5 Å². The summed E-state index contributed by atoms with van der Waals surface area (Å²) in [6.07, 6.45) is -0.0829. The number of hydrogen-bond acceptors (Lipinski definition) is 7. The maximum absolute atomic E-state index is 11.3. The van der Waals surface area contributed by atoms with Crippen LogP contribution in [0.3, 0.4) is 0 Å². The van der Waals surface area contributed by atoms with Crippen molar-refractivity contribution in [2.75, 3.05) is 0 Å². The highest BCUT2D eigenvalue weighted by atomic mass is 16.6.